The second-order valence-electron chi connectivity index (χ2n) is 6.30. The van der Waals surface area contributed by atoms with Gasteiger partial charge in [0.05, 0.1) is 29.2 Å². The predicted octanol–water partition coefficient (Wildman–Crippen LogP) is 4.75. The molecule has 0 aromatic carbocycles. The first-order valence-corrected chi connectivity index (χ1v) is 10.4. The van der Waals surface area contributed by atoms with Gasteiger partial charge in [0.2, 0.25) is 5.91 Å². The van der Waals surface area contributed by atoms with E-state index in [9.17, 15) is 4.79 Å². The summed E-state index contributed by atoms with van der Waals surface area (Å²) in [7, 11) is 0. The van der Waals surface area contributed by atoms with Gasteiger partial charge in [0.25, 0.3) is 0 Å². The Balaban J connectivity index is 1.40. The van der Waals surface area contributed by atoms with Gasteiger partial charge < -0.3 is 5.32 Å². The summed E-state index contributed by atoms with van der Waals surface area (Å²) in [5.74, 6) is 0.756. The summed E-state index contributed by atoms with van der Waals surface area (Å²) in [6.07, 6.45) is 8.11. The van der Waals surface area contributed by atoms with E-state index in [4.69, 9.17) is 0 Å². The molecular weight excluding hydrogens is 352 g/mol. The lowest BCUT2D eigenvalue weighted by molar-refractivity contribution is -0.115. The molecule has 3 aromatic rings. The normalized spacial score (nSPS) is 15.4. The van der Waals surface area contributed by atoms with Crippen LogP contribution in [0.1, 0.15) is 43.8 Å². The lowest BCUT2D eigenvalue weighted by Gasteiger charge is -2.23. The molecule has 7 heteroatoms. The maximum atomic E-state index is 12.4. The monoisotopic (exact) mass is 372 g/mol. The van der Waals surface area contributed by atoms with Crippen LogP contribution in [0.4, 0.5) is 5.82 Å². The van der Waals surface area contributed by atoms with Gasteiger partial charge in [-0.1, -0.05) is 25.3 Å². The van der Waals surface area contributed by atoms with E-state index < -0.39 is 0 Å². The van der Waals surface area contributed by atoms with Crippen LogP contribution in [0.2, 0.25) is 0 Å². The Morgan fingerprint density at radius 3 is 2.92 bits per heavy atom. The fraction of sp³-hybridized carbons (Fsp3) is 0.389. The number of rotatable bonds is 5. The van der Waals surface area contributed by atoms with Gasteiger partial charge >= 0.3 is 0 Å². The number of hydrogen-bond donors (Lipinski definition) is 1. The van der Waals surface area contributed by atoms with Crippen molar-refractivity contribution in [3.8, 4) is 9.88 Å². The molecule has 0 radical (unpaired) electrons. The van der Waals surface area contributed by atoms with Crippen LogP contribution >= 0.6 is 22.7 Å². The van der Waals surface area contributed by atoms with E-state index in [0.29, 0.717) is 6.04 Å². The average Bonchev–Trinajstić information content (AvgIpc) is 3.37. The number of amides is 1. The summed E-state index contributed by atoms with van der Waals surface area (Å²) in [6, 6.07) is 6.35. The first-order valence-electron chi connectivity index (χ1n) is 8.61. The van der Waals surface area contributed by atoms with Gasteiger partial charge in [-0.15, -0.1) is 22.7 Å². The minimum Gasteiger partial charge on any atom is -0.311 e. The number of thiazole rings is 1. The lowest BCUT2D eigenvalue weighted by atomic mass is 9.96. The van der Waals surface area contributed by atoms with Gasteiger partial charge in [0, 0.05) is 11.4 Å². The predicted molar refractivity (Wildman–Crippen MR) is 102 cm³/mol. The Labute approximate surface area is 154 Å². The third-order valence-electron chi connectivity index (χ3n) is 4.48. The third kappa shape index (κ3) is 3.82. The highest BCUT2D eigenvalue weighted by Crippen LogP contribution is 2.30. The van der Waals surface area contributed by atoms with Crippen molar-refractivity contribution in [2.75, 3.05) is 5.32 Å². The molecule has 3 heterocycles. The fourth-order valence-corrected chi connectivity index (χ4v) is 4.92. The summed E-state index contributed by atoms with van der Waals surface area (Å²) in [5.41, 5.74) is 0.814. The number of nitrogens with zero attached hydrogens (tertiary/aromatic N) is 3. The molecule has 4 rings (SSSR count). The highest BCUT2D eigenvalue weighted by Gasteiger charge is 2.19. The Morgan fingerprint density at radius 1 is 1.24 bits per heavy atom. The number of aromatic nitrogens is 3. The second-order valence-corrected chi connectivity index (χ2v) is 8.10. The molecule has 0 saturated heterocycles. The summed E-state index contributed by atoms with van der Waals surface area (Å²) in [5, 5.41) is 12.4. The Morgan fingerprint density at radius 2 is 2.12 bits per heavy atom. The molecule has 130 valence electrons. The molecule has 1 aliphatic carbocycles. The quantitative estimate of drug-likeness (QED) is 0.703. The van der Waals surface area contributed by atoms with E-state index in [1.807, 2.05) is 27.6 Å². The Bertz CT molecular complexity index is 831. The van der Waals surface area contributed by atoms with Crippen molar-refractivity contribution < 1.29 is 4.79 Å². The molecule has 3 aromatic heterocycles. The average molecular weight is 373 g/mol. The van der Waals surface area contributed by atoms with Crippen LogP contribution in [0, 0.1) is 0 Å². The fourth-order valence-electron chi connectivity index (χ4n) is 3.28. The van der Waals surface area contributed by atoms with E-state index in [-0.39, 0.29) is 12.3 Å². The zero-order chi connectivity index (χ0) is 17.1. The molecule has 1 amide bonds. The van der Waals surface area contributed by atoms with Gasteiger partial charge in [-0.05, 0) is 24.3 Å². The van der Waals surface area contributed by atoms with Crippen molar-refractivity contribution in [1.82, 2.24) is 14.8 Å². The van der Waals surface area contributed by atoms with E-state index in [1.54, 1.807) is 28.9 Å². The zero-order valence-corrected chi connectivity index (χ0v) is 15.5. The summed E-state index contributed by atoms with van der Waals surface area (Å²) in [4.78, 5) is 18.2. The van der Waals surface area contributed by atoms with Crippen LogP contribution in [0.25, 0.3) is 9.88 Å². The number of carbonyl (C=O) groups excluding carboxylic acids is 1. The largest absolute Gasteiger partial charge is 0.311 e. The lowest BCUT2D eigenvalue weighted by Crippen LogP contribution is -2.21. The van der Waals surface area contributed by atoms with Crippen LogP contribution < -0.4 is 5.32 Å². The molecule has 1 N–H and O–H groups in total. The standard InChI is InChI=1S/C18H20N4OS2/c23-17(11-13-12-25-18(20-13)15-7-4-10-24-15)21-16-8-9-19-22(16)14-5-2-1-3-6-14/h4,7-10,12,14H,1-3,5-6,11H2,(H,21,23). The van der Waals surface area contributed by atoms with Gasteiger partial charge in [-0.25, -0.2) is 9.67 Å². The number of nitrogens with one attached hydrogen (secondary N) is 1. The summed E-state index contributed by atoms with van der Waals surface area (Å²) in [6.45, 7) is 0. The Hall–Kier alpha value is -1.99. The molecule has 0 spiro atoms. The maximum Gasteiger partial charge on any atom is 0.231 e. The van der Waals surface area contributed by atoms with Crippen LogP contribution in [0.5, 0.6) is 0 Å². The molecule has 25 heavy (non-hydrogen) atoms. The molecule has 0 aliphatic heterocycles. The number of thiophene rings is 1. The molecule has 1 fully saturated rings. The van der Waals surface area contributed by atoms with Crippen molar-refractivity contribution >= 4 is 34.4 Å². The van der Waals surface area contributed by atoms with Crippen LogP contribution in [0.15, 0.2) is 35.2 Å². The van der Waals surface area contributed by atoms with Crippen molar-refractivity contribution in [2.24, 2.45) is 0 Å². The first-order chi connectivity index (χ1) is 12.3. The van der Waals surface area contributed by atoms with E-state index in [2.05, 4.69) is 21.5 Å². The second kappa shape index (κ2) is 7.49. The summed E-state index contributed by atoms with van der Waals surface area (Å²) < 4.78 is 1.98. The SMILES string of the molecule is O=C(Cc1csc(-c2cccs2)n1)Nc1ccnn1C1CCCCC1. The number of hydrogen-bond acceptors (Lipinski definition) is 5. The van der Waals surface area contributed by atoms with E-state index in [1.165, 1.54) is 19.3 Å². The van der Waals surface area contributed by atoms with Gasteiger partial charge in [-0.2, -0.15) is 5.10 Å². The van der Waals surface area contributed by atoms with Gasteiger partial charge in [0.1, 0.15) is 10.8 Å². The summed E-state index contributed by atoms with van der Waals surface area (Å²) >= 11 is 3.25. The number of anilines is 1. The van der Waals surface area contributed by atoms with Crippen molar-refractivity contribution in [1.29, 1.82) is 0 Å². The zero-order valence-electron chi connectivity index (χ0n) is 13.9. The third-order valence-corrected chi connectivity index (χ3v) is 6.41. The molecule has 5 nitrogen and oxygen atoms in total. The molecular formula is C18H20N4OS2. The minimum absolute atomic E-state index is 0.0411. The minimum atomic E-state index is -0.0411. The topological polar surface area (TPSA) is 59.8 Å². The van der Waals surface area contributed by atoms with Crippen molar-refractivity contribution in [2.45, 2.75) is 44.6 Å². The van der Waals surface area contributed by atoms with Gasteiger partial charge in [-0.3, -0.25) is 4.79 Å². The smallest absolute Gasteiger partial charge is 0.231 e. The Kier molecular flexibility index (Phi) is 4.94. The van der Waals surface area contributed by atoms with Crippen molar-refractivity contribution in [3.05, 3.63) is 40.8 Å². The molecule has 0 bridgehead atoms. The number of carbonyl (C=O) groups is 1. The van der Waals surface area contributed by atoms with E-state index >= 15 is 0 Å². The van der Waals surface area contributed by atoms with E-state index in [0.717, 1.165) is 34.2 Å². The maximum absolute atomic E-state index is 12.4. The first kappa shape index (κ1) is 16.5. The van der Waals surface area contributed by atoms with Crippen molar-refractivity contribution in [3.63, 3.8) is 0 Å². The molecule has 0 unspecified atom stereocenters. The molecule has 1 aliphatic rings. The molecule has 1 saturated carbocycles. The van der Waals surface area contributed by atoms with Crippen LogP contribution in [-0.4, -0.2) is 20.7 Å². The highest BCUT2D eigenvalue weighted by atomic mass is 32.1. The molecule has 0 atom stereocenters. The van der Waals surface area contributed by atoms with Gasteiger partial charge in [0.15, 0.2) is 0 Å². The van der Waals surface area contributed by atoms with Crippen LogP contribution in [-0.2, 0) is 11.2 Å². The highest BCUT2D eigenvalue weighted by molar-refractivity contribution is 7.20. The van der Waals surface area contributed by atoms with Crippen LogP contribution in [0.3, 0.4) is 0 Å².